The summed E-state index contributed by atoms with van der Waals surface area (Å²) in [6.07, 6.45) is 9.19. The predicted octanol–water partition coefficient (Wildman–Crippen LogP) is 3.49. The van der Waals surface area contributed by atoms with Gasteiger partial charge in [0.2, 0.25) is 0 Å². The van der Waals surface area contributed by atoms with Crippen LogP contribution in [-0.4, -0.2) is 63.8 Å². The molecule has 1 saturated carbocycles. The first-order valence-electron chi connectivity index (χ1n) is 10.4. The molecule has 0 bridgehead atoms. The number of ether oxygens (including phenoxy) is 1. The Morgan fingerprint density at radius 2 is 1.88 bits per heavy atom. The average Bonchev–Trinajstić information content (AvgIpc) is 3.09. The van der Waals surface area contributed by atoms with Gasteiger partial charge < -0.3 is 20.3 Å². The van der Waals surface area contributed by atoms with Gasteiger partial charge in [0.05, 0.1) is 0 Å². The Labute approximate surface area is 178 Å². The van der Waals surface area contributed by atoms with Gasteiger partial charge in [0.1, 0.15) is 0 Å². The number of halogens is 1. The summed E-state index contributed by atoms with van der Waals surface area (Å²) in [4.78, 5) is 6.99. The van der Waals surface area contributed by atoms with Crippen molar-refractivity contribution in [3.05, 3.63) is 0 Å². The first-order valence-corrected chi connectivity index (χ1v) is 10.4. The maximum Gasteiger partial charge on any atom is 0.191 e. The number of hydrogen-bond donors (Lipinski definition) is 2. The third kappa shape index (κ3) is 8.30. The molecule has 0 aromatic carbocycles. The molecular weight excluding hydrogens is 439 g/mol. The molecule has 2 fully saturated rings. The van der Waals surface area contributed by atoms with Gasteiger partial charge in [-0.05, 0) is 63.5 Å². The molecule has 2 aliphatic rings. The van der Waals surface area contributed by atoms with Crippen molar-refractivity contribution in [3.8, 4) is 0 Å². The molecule has 6 heteroatoms. The number of nitrogens with one attached hydrogen (secondary N) is 2. The predicted molar refractivity (Wildman–Crippen MR) is 122 cm³/mol. The van der Waals surface area contributed by atoms with Crippen LogP contribution in [0.15, 0.2) is 4.99 Å². The molecule has 0 aromatic heterocycles. The Morgan fingerprint density at radius 3 is 2.50 bits per heavy atom. The van der Waals surface area contributed by atoms with E-state index in [4.69, 9.17) is 4.74 Å². The van der Waals surface area contributed by atoms with E-state index in [0.717, 1.165) is 51.1 Å². The van der Waals surface area contributed by atoms with Gasteiger partial charge in [-0.25, -0.2) is 0 Å². The van der Waals surface area contributed by atoms with Crippen molar-refractivity contribution in [1.82, 2.24) is 15.5 Å². The average molecular weight is 480 g/mol. The zero-order valence-electron chi connectivity index (χ0n) is 17.2. The molecule has 26 heavy (non-hydrogen) atoms. The fraction of sp³-hybridized carbons (Fsp3) is 0.950. The highest BCUT2D eigenvalue weighted by atomic mass is 127. The second-order valence-electron chi connectivity index (χ2n) is 8.03. The molecule has 1 heterocycles. The molecule has 0 aromatic rings. The third-order valence-corrected chi connectivity index (χ3v) is 6.10. The Kier molecular flexibility index (Phi) is 12.1. The fourth-order valence-electron chi connectivity index (χ4n) is 4.18. The van der Waals surface area contributed by atoms with E-state index in [1.54, 1.807) is 0 Å². The van der Waals surface area contributed by atoms with Gasteiger partial charge in [0.25, 0.3) is 0 Å². The van der Waals surface area contributed by atoms with E-state index in [1.807, 2.05) is 7.05 Å². The van der Waals surface area contributed by atoms with Gasteiger partial charge in [0, 0.05) is 39.9 Å². The lowest BCUT2D eigenvalue weighted by atomic mass is 9.83. The van der Waals surface area contributed by atoms with Gasteiger partial charge in [-0.3, -0.25) is 4.99 Å². The first kappa shape index (κ1) is 24.0. The second-order valence-corrected chi connectivity index (χ2v) is 8.03. The molecule has 0 unspecified atom stereocenters. The smallest absolute Gasteiger partial charge is 0.191 e. The summed E-state index contributed by atoms with van der Waals surface area (Å²) in [6.45, 7) is 11.7. The van der Waals surface area contributed by atoms with Crippen molar-refractivity contribution in [3.63, 3.8) is 0 Å². The number of aliphatic imine (C=N–C) groups is 1. The number of likely N-dealkylation sites (tertiary alicyclic amines) is 1. The van der Waals surface area contributed by atoms with Crippen LogP contribution in [-0.2, 0) is 4.74 Å². The van der Waals surface area contributed by atoms with Gasteiger partial charge in [-0.2, -0.15) is 0 Å². The highest BCUT2D eigenvalue weighted by Gasteiger charge is 2.33. The zero-order valence-corrected chi connectivity index (χ0v) is 19.5. The van der Waals surface area contributed by atoms with Crippen LogP contribution in [0.25, 0.3) is 0 Å². The van der Waals surface area contributed by atoms with Gasteiger partial charge in [-0.1, -0.05) is 19.8 Å². The van der Waals surface area contributed by atoms with Crippen molar-refractivity contribution in [2.24, 2.45) is 16.3 Å². The number of hydrogen-bond acceptors (Lipinski definition) is 3. The van der Waals surface area contributed by atoms with Crippen LogP contribution in [0.1, 0.15) is 58.8 Å². The van der Waals surface area contributed by atoms with E-state index < -0.39 is 0 Å². The first-order chi connectivity index (χ1) is 12.2. The summed E-state index contributed by atoms with van der Waals surface area (Å²) < 4.78 is 5.61. The maximum atomic E-state index is 5.61. The van der Waals surface area contributed by atoms with E-state index in [9.17, 15) is 0 Å². The zero-order chi connectivity index (χ0) is 18.0. The van der Waals surface area contributed by atoms with E-state index in [1.165, 1.54) is 51.6 Å². The summed E-state index contributed by atoms with van der Waals surface area (Å²) in [5, 5.41) is 7.09. The molecule has 0 amide bonds. The SMILES string of the molecule is CCOCCC1(CNC(=NC)NCCN2CCC(C)CC2)CCCC1.I. The standard InChI is InChI=1S/C20H40N4O.HI/c1-4-25-16-11-20(9-5-6-10-20)17-23-19(21-3)22-12-15-24-13-7-18(2)8-14-24;/h18H,4-17H2,1-3H3,(H2,21,22,23);1H. The van der Waals surface area contributed by atoms with Crippen LogP contribution in [0.4, 0.5) is 0 Å². The summed E-state index contributed by atoms with van der Waals surface area (Å²) in [6, 6.07) is 0. The fourth-order valence-corrected chi connectivity index (χ4v) is 4.18. The molecule has 2 rings (SSSR count). The molecule has 1 aliphatic carbocycles. The number of rotatable bonds is 9. The van der Waals surface area contributed by atoms with Gasteiger partial charge >= 0.3 is 0 Å². The minimum Gasteiger partial charge on any atom is -0.382 e. The Bertz CT molecular complexity index is 391. The molecule has 154 valence electrons. The molecule has 0 atom stereocenters. The summed E-state index contributed by atoms with van der Waals surface area (Å²) >= 11 is 0. The lowest BCUT2D eigenvalue weighted by Gasteiger charge is -2.31. The van der Waals surface area contributed by atoms with E-state index >= 15 is 0 Å². The molecule has 1 saturated heterocycles. The highest BCUT2D eigenvalue weighted by molar-refractivity contribution is 14.0. The van der Waals surface area contributed by atoms with Crippen LogP contribution in [0.5, 0.6) is 0 Å². The molecule has 5 nitrogen and oxygen atoms in total. The van der Waals surface area contributed by atoms with Crippen molar-refractivity contribution < 1.29 is 4.74 Å². The van der Waals surface area contributed by atoms with E-state index in [2.05, 4.69) is 34.4 Å². The normalized spacial score (nSPS) is 21.4. The van der Waals surface area contributed by atoms with Gasteiger partial charge in [-0.15, -0.1) is 24.0 Å². The molecule has 0 spiro atoms. The number of guanidine groups is 1. The molecule has 1 aliphatic heterocycles. The van der Waals surface area contributed by atoms with Crippen molar-refractivity contribution in [1.29, 1.82) is 0 Å². The third-order valence-electron chi connectivity index (χ3n) is 6.10. The summed E-state index contributed by atoms with van der Waals surface area (Å²) in [5.74, 6) is 1.85. The quantitative estimate of drug-likeness (QED) is 0.230. The van der Waals surface area contributed by atoms with Crippen LogP contribution < -0.4 is 10.6 Å². The molecule has 2 N–H and O–H groups in total. The van der Waals surface area contributed by atoms with E-state index in [-0.39, 0.29) is 24.0 Å². The topological polar surface area (TPSA) is 48.9 Å². The maximum absolute atomic E-state index is 5.61. The minimum atomic E-state index is 0. The largest absolute Gasteiger partial charge is 0.382 e. The van der Waals surface area contributed by atoms with Crippen molar-refractivity contribution >= 4 is 29.9 Å². The lowest BCUT2D eigenvalue weighted by Crippen LogP contribution is -2.46. The Hall–Kier alpha value is -0.0800. The van der Waals surface area contributed by atoms with Crippen molar-refractivity contribution in [2.75, 3.05) is 53.0 Å². The lowest BCUT2D eigenvalue weighted by molar-refractivity contribution is 0.105. The van der Waals surface area contributed by atoms with Crippen LogP contribution in [0.3, 0.4) is 0 Å². The Morgan fingerprint density at radius 1 is 1.19 bits per heavy atom. The van der Waals surface area contributed by atoms with Gasteiger partial charge in [0.15, 0.2) is 5.96 Å². The molecular formula is C20H41IN4O. The Balaban J connectivity index is 0.00000338. The second kappa shape index (κ2) is 13.2. The van der Waals surface area contributed by atoms with E-state index in [0.29, 0.717) is 5.41 Å². The summed E-state index contributed by atoms with van der Waals surface area (Å²) in [5.41, 5.74) is 0.399. The van der Waals surface area contributed by atoms with Crippen LogP contribution in [0.2, 0.25) is 0 Å². The monoisotopic (exact) mass is 480 g/mol. The van der Waals surface area contributed by atoms with Crippen LogP contribution >= 0.6 is 24.0 Å². The number of piperidine rings is 1. The van der Waals surface area contributed by atoms with Crippen LogP contribution in [0, 0.1) is 11.3 Å². The summed E-state index contributed by atoms with van der Waals surface area (Å²) in [7, 11) is 1.87. The number of nitrogens with zero attached hydrogens (tertiary/aromatic N) is 2. The minimum absolute atomic E-state index is 0. The molecule has 0 radical (unpaired) electrons. The van der Waals surface area contributed by atoms with Crippen molar-refractivity contribution in [2.45, 2.75) is 58.8 Å². The highest BCUT2D eigenvalue weighted by Crippen LogP contribution is 2.40.